The second-order valence-corrected chi connectivity index (χ2v) is 7.69. The van der Waals surface area contributed by atoms with Crippen molar-refractivity contribution in [3.8, 4) is 0 Å². The molecule has 0 bridgehead atoms. The molecule has 0 saturated carbocycles. The minimum atomic E-state index is -3.87. The molecular formula is C27H31FN4O4. The topological polar surface area (TPSA) is 91.0 Å². The number of carbonyl (C=O) groups excluding carboxylic acids is 3. The van der Waals surface area contributed by atoms with Crippen LogP contribution in [0.15, 0.2) is 36.4 Å². The Bertz CT molecular complexity index is 1920. The summed E-state index contributed by atoms with van der Waals surface area (Å²) in [6, 6.07) is 1.13. The van der Waals surface area contributed by atoms with Gasteiger partial charge in [-0.05, 0) is 50.0 Å². The Balaban J connectivity index is 1.60. The molecule has 3 amide bonds. The molecule has 0 aromatic heterocycles. The molecule has 3 atom stereocenters. The number of ether oxygens (including phenoxy) is 1. The number of anilines is 1. The van der Waals surface area contributed by atoms with Gasteiger partial charge in [-0.3, -0.25) is 24.6 Å². The number of fused-ring (bicyclic) bond motifs is 1. The molecule has 2 N–H and O–H groups in total. The van der Waals surface area contributed by atoms with E-state index in [1.165, 1.54) is 5.32 Å². The first-order valence-electron chi connectivity index (χ1n) is 19.0. The van der Waals surface area contributed by atoms with Crippen LogP contribution >= 0.6 is 0 Å². The highest BCUT2D eigenvalue weighted by Crippen LogP contribution is 2.32. The van der Waals surface area contributed by atoms with Gasteiger partial charge in [0.15, 0.2) is 0 Å². The molecule has 8 nitrogen and oxygen atoms in total. The maximum Gasteiger partial charge on any atom is 0.255 e. The highest BCUT2D eigenvalue weighted by atomic mass is 19.1. The minimum absolute atomic E-state index is 0.0813. The first kappa shape index (κ1) is 11.4. The van der Waals surface area contributed by atoms with E-state index in [1.807, 2.05) is 0 Å². The number of amides is 3. The van der Waals surface area contributed by atoms with Crippen molar-refractivity contribution in [2.24, 2.45) is 0 Å². The molecule has 5 rings (SSSR count). The molecule has 3 unspecified atom stereocenters. The molecule has 0 aliphatic carbocycles. The number of piperidine rings is 1. The standard InChI is InChI=1S/C27H31FN4O4/c1-16-12-31(13-17(2)36-16)14-18-6-7-22(28)19(10-18)11-29-23-5-3-4-20-21(23)15-32(27(20)35)24-8-9-25(33)30-26(24)34/h3-7,10,16-17,24,29H,8-9,11-15H2,1-2H3,(H,30,33,34)/i8D2,9D2,11D2,12D2,13D2,14D2,15D2,16D,17D,24D. The van der Waals surface area contributed by atoms with Crippen LogP contribution in [0, 0.1) is 5.82 Å². The average molecular weight is 512 g/mol. The van der Waals surface area contributed by atoms with Crippen molar-refractivity contribution in [3.05, 3.63) is 64.5 Å². The minimum Gasteiger partial charge on any atom is -0.381 e. The fourth-order valence-electron chi connectivity index (χ4n) is 3.55. The SMILES string of the molecule is [2H]C([2H])(Nc1cccc2c1C([2H])([2H])N(C1([2H])C(=O)NC(=O)C([2H])([2H])C1([2H])[2H])C2=O)c1cc(C([2H])([2H])N2C([2H])([2H])C([2H])(C)OC([2H])(C)C2([2H])[2H])ccc1F. The lowest BCUT2D eigenvalue weighted by atomic mass is 10.0. The molecule has 9 heteroatoms. The molecule has 2 aromatic rings. The van der Waals surface area contributed by atoms with Crippen LogP contribution in [0.1, 0.15) is 76.9 Å². The summed E-state index contributed by atoms with van der Waals surface area (Å²) in [5.41, 5.74) is -3.91. The third kappa shape index (κ3) is 4.99. The van der Waals surface area contributed by atoms with E-state index in [0.717, 1.165) is 38.1 Å². The number of nitrogens with one attached hydrogen (secondary N) is 2. The number of rotatable bonds is 6. The van der Waals surface area contributed by atoms with Crippen molar-refractivity contribution in [2.45, 2.75) is 64.3 Å². The van der Waals surface area contributed by atoms with E-state index < -0.39 is 115 Å². The van der Waals surface area contributed by atoms with Crippen LogP contribution in [-0.4, -0.2) is 58.7 Å². The van der Waals surface area contributed by atoms with Crippen LogP contribution < -0.4 is 10.6 Å². The third-order valence-electron chi connectivity index (χ3n) is 5.07. The predicted octanol–water partition coefficient (Wildman–Crippen LogP) is 2.81. The van der Waals surface area contributed by atoms with Gasteiger partial charge in [0.1, 0.15) is 11.8 Å². The number of carbonyl (C=O) groups is 3. The van der Waals surface area contributed by atoms with Crippen molar-refractivity contribution in [3.63, 3.8) is 0 Å². The molecular weight excluding hydrogens is 463 g/mol. The number of morpholine rings is 1. The third-order valence-corrected chi connectivity index (χ3v) is 5.07. The Hall–Kier alpha value is -3.30. The van der Waals surface area contributed by atoms with Gasteiger partial charge >= 0.3 is 0 Å². The van der Waals surface area contributed by atoms with Gasteiger partial charge in [0.2, 0.25) is 11.8 Å². The smallest absolute Gasteiger partial charge is 0.255 e. The van der Waals surface area contributed by atoms with Crippen LogP contribution in [0.25, 0.3) is 0 Å². The summed E-state index contributed by atoms with van der Waals surface area (Å²) in [5.74, 6) is -6.56. The van der Waals surface area contributed by atoms with E-state index >= 15 is 4.39 Å². The maximum atomic E-state index is 15.5. The molecule has 190 valence electrons. The molecule has 0 radical (unpaired) electrons. The predicted molar refractivity (Wildman–Crippen MR) is 131 cm³/mol. The Labute approximate surface area is 233 Å². The first-order valence-corrected chi connectivity index (χ1v) is 10.5. The maximum absolute atomic E-state index is 15.5. The van der Waals surface area contributed by atoms with Gasteiger partial charge in [-0.25, -0.2) is 4.39 Å². The van der Waals surface area contributed by atoms with E-state index in [2.05, 4.69) is 5.32 Å². The fraction of sp³-hybridized carbons (Fsp3) is 0.444. The molecule has 0 spiro atoms. The van der Waals surface area contributed by atoms with E-state index in [4.69, 9.17) is 28.0 Å². The summed E-state index contributed by atoms with van der Waals surface area (Å²) in [7, 11) is 0. The van der Waals surface area contributed by atoms with E-state index in [1.54, 1.807) is 0 Å². The highest BCUT2D eigenvalue weighted by molar-refractivity contribution is 6.06. The molecule has 3 aliphatic heterocycles. The fourth-order valence-corrected chi connectivity index (χ4v) is 3.55. The van der Waals surface area contributed by atoms with Gasteiger partial charge in [-0.15, -0.1) is 0 Å². The number of hydrogen-bond acceptors (Lipinski definition) is 6. The lowest BCUT2D eigenvalue weighted by Crippen LogP contribution is -2.52. The summed E-state index contributed by atoms with van der Waals surface area (Å²) in [6.07, 6.45) is -13.0. The van der Waals surface area contributed by atoms with Crippen LogP contribution in [-0.2, 0) is 33.8 Å². The second kappa shape index (κ2) is 9.99. The molecule has 3 aliphatic rings. The van der Waals surface area contributed by atoms with Gasteiger partial charge in [-0.2, -0.15) is 0 Å². The Morgan fingerprint density at radius 2 is 2.00 bits per heavy atom. The van der Waals surface area contributed by atoms with Crippen molar-refractivity contribution >= 4 is 23.4 Å². The number of imide groups is 1. The zero-order valence-corrected chi connectivity index (χ0v) is 18.9. The second-order valence-electron chi connectivity index (χ2n) is 7.69. The lowest BCUT2D eigenvalue weighted by molar-refractivity contribution is -0.136. The van der Waals surface area contributed by atoms with Gasteiger partial charge < -0.3 is 15.0 Å². The van der Waals surface area contributed by atoms with E-state index in [0.29, 0.717) is 12.1 Å². The van der Waals surface area contributed by atoms with Crippen molar-refractivity contribution in [1.82, 2.24) is 15.1 Å². The molecule has 36 heavy (non-hydrogen) atoms. The molecule has 2 aromatic carbocycles. The summed E-state index contributed by atoms with van der Waals surface area (Å²) < 4.78 is 165. The average Bonchev–Trinajstić information content (AvgIpc) is 3.19. The largest absolute Gasteiger partial charge is 0.381 e. The first-order chi connectivity index (χ1) is 23.6. The normalized spacial score (nSPS) is 45.5. The van der Waals surface area contributed by atoms with Gasteiger partial charge in [0.05, 0.1) is 21.8 Å². The van der Waals surface area contributed by atoms with Crippen LogP contribution in [0.3, 0.4) is 0 Å². The number of benzene rings is 2. The highest BCUT2D eigenvalue weighted by Gasteiger charge is 2.39. The van der Waals surface area contributed by atoms with Gasteiger partial charge in [0.25, 0.3) is 5.91 Å². The van der Waals surface area contributed by atoms with Crippen molar-refractivity contribution < 1.29 is 46.8 Å². The quantitative estimate of drug-likeness (QED) is 0.580. The van der Waals surface area contributed by atoms with Crippen LogP contribution in [0.4, 0.5) is 10.1 Å². The summed E-state index contributed by atoms with van der Waals surface area (Å²) in [5, 5.41) is 3.64. The zero-order valence-electron chi connectivity index (χ0n) is 35.9. The number of halogens is 1. The van der Waals surface area contributed by atoms with Crippen LogP contribution in [0.2, 0.25) is 0 Å². The van der Waals surface area contributed by atoms with Crippen molar-refractivity contribution in [1.29, 1.82) is 0 Å². The summed E-state index contributed by atoms with van der Waals surface area (Å²) in [4.78, 5) is 38.5. The molecule has 2 saturated heterocycles. The van der Waals surface area contributed by atoms with Crippen molar-refractivity contribution in [2.75, 3.05) is 18.3 Å². The summed E-state index contributed by atoms with van der Waals surface area (Å²) in [6.45, 7) is -14.9. The van der Waals surface area contributed by atoms with Gasteiger partial charge in [0, 0.05) is 74.9 Å². The molecule has 3 heterocycles. The number of hydrogen-bond donors (Lipinski definition) is 2. The van der Waals surface area contributed by atoms with Crippen LogP contribution in [0.5, 0.6) is 0 Å². The zero-order chi connectivity index (χ0) is 40.7. The Morgan fingerprint density at radius 1 is 1.22 bits per heavy atom. The van der Waals surface area contributed by atoms with E-state index in [9.17, 15) is 14.4 Å². The van der Waals surface area contributed by atoms with E-state index in [-0.39, 0.29) is 9.80 Å². The summed E-state index contributed by atoms with van der Waals surface area (Å²) >= 11 is 0. The Morgan fingerprint density at radius 3 is 2.78 bits per heavy atom. The Kier molecular flexibility index (Phi) is 3.16. The lowest BCUT2D eigenvalue weighted by Gasteiger charge is -2.35. The number of nitrogens with zero attached hydrogens (tertiary/aromatic N) is 2. The molecule has 2 fully saturated rings. The van der Waals surface area contributed by atoms with Gasteiger partial charge in [-0.1, -0.05) is 12.1 Å². The monoisotopic (exact) mass is 511 g/mol.